The van der Waals surface area contributed by atoms with Gasteiger partial charge in [-0.15, -0.1) is 5.10 Å². The van der Waals surface area contributed by atoms with Gasteiger partial charge in [-0.3, -0.25) is 9.59 Å². The second-order valence-corrected chi connectivity index (χ2v) is 9.31. The number of aromatic nitrogens is 9. The third-order valence-corrected chi connectivity index (χ3v) is 6.91. The first-order valence-corrected chi connectivity index (χ1v) is 12.3. The summed E-state index contributed by atoms with van der Waals surface area (Å²) in [4.78, 5) is 38.3. The Balaban J connectivity index is 1.28. The average Bonchev–Trinajstić information content (AvgIpc) is 3.74. The third-order valence-electron chi connectivity index (χ3n) is 6.91. The van der Waals surface area contributed by atoms with Crippen molar-refractivity contribution >= 4 is 28.5 Å². The molecule has 2 atom stereocenters. The molecule has 1 amide bonds. The van der Waals surface area contributed by atoms with Gasteiger partial charge in [-0.2, -0.15) is 4.68 Å². The number of anilines is 1. The first kappa shape index (κ1) is 24.2. The topological polar surface area (TPSA) is 153 Å². The zero-order chi connectivity index (χ0) is 27.1. The average molecular weight is 528 g/mol. The molecule has 39 heavy (non-hydrogen) atoms. The molecule has 1 aromatic carbocycles. The van der Waals surface area contributed by atoms with E-state index in [1.807, 2.05) is 44.2 Å². The summed E-state index contributed by atoms with van der Waals surface area (Å²) >= 11 is 0. The number of nitrogens with one attached hydrogen (secondary N) is 1. The number of pyridine rings is 1. The molecule has 4 aromatic heterocycles. The van der Waals surface area contributed by atoms with Crippen LogP contribution in [0.1, 0.15) is 24.2 Å². The quantitative estimate of drug-likeness (QED) is 0.253. The van der Waals surface area contributed by atoms with E-state index < -0.39 is 11.7 Å². The number of hydrogen-bond donors (Lipinski definition) is 1. The fourth-order valence-electron chi connectivity index (χ4n) is 4.96. The van der Waals surface area contributed by atoms with E-state index in [4.69, 9.17) is 4.74 Å². The molecular formula is C25H25N11O3. The second-order valence-electron chi connectivity index (χ2n) is 9.31. The van der Waals surface area contributed by atoms with Gasteiger partial charge in [0.1, 0.15) is 5.75 Å². The Bertz CT molecular complexity index is 1640. The van der Waals surface area contributed by atoms with E-state index in [2.05, 4.69) is 40.7 Å². The second kappa shape index (κ2) is 9.63. The van der Waals surface area contributed by atoms with E-state index >= 15 is 0 Å². The van der Waals surface area contributed by atoms with Crippen LogP contribution >= 0.6 is 0 Å². The Morgan fingerprint density at radius 3 is 2.64 bits per heavy atom. The fraction of sp³-hybridized carbons (Fsp3) is 0.280. The van der Waals surface area contributed by atoms with E-state index in [9.17, 15) is 9.59 Å². The highest BCUT2D eigenvalue weighted by Crippen LogP contribution is 2.32. The van der Waals surface area contributed by atoms with Crippen molar-refractivity contribution in [2.24, 2.45) is 0 Å². The van der Waals surface area contributed by atoms with Crippen LogP contribution in [0.15, 0.2) is 55.1 Å². The van der Waals surface area contributed by atoms with E-state index in [0.717, 1.165) is 5.69 Å². The van der Waals surface area contributed by atoms with Crippen molar-refractivity contribution in [1.29, 1.82) is 0 Å². The molecule has 6 rings (SSSR count). The highest BCUT2D eigenvalue weighted by molar-refractivity contribution is 6.45. The van der Waals surface area contributed by atoms with Crippen LogP contribution in [0, 0.1) is 0 Å². The molecule has 0 unspecified atom stereocenters. The Kier molecular flexibility index (Phi) is 5.98. The summed E-state index contributed by atoms with van der Waals surface area (Å²) in [5, 5.41) is 20.6. The molecule has 1 saturated heterocycles. The lowest BCUT2D eigenvalue weighted by molar-refractivity contribution is -0.129. The number of ether oxygens (including phenoxy) is 1. The number of ketones is 1. The predicted molar refractivity (Wildman–Crippen MR) is 139 cm³/mol. The number of hydrogen-bond acceptors (Lipinski definition) is 10. The van der Waals surface area contributed by atoms with Gasteiger partial charge in [-0.1, -0.05) is 28.5 Å². The molecule has 198 valence electrons. The minimum atomic E-state index is -0.642. The lowest BCUT2D eigenvalue weighted by atomic mass is 10.0. The molecule has 5 heterocycles. The number of Topliss-reactive ketones (excluding diaryl/α,β-unsaturated/α-hetero) is 1. The maximum atomic E-state index is 13.6. The van der Waals surface area contributed by atoms with Crippen molar-refractivity contribution < 1.29 is 14.3 Å². The Labute approximate surface area is 222 Å². The molecule has 1 N–H and O–H groups in total. The number of para-hydroxylation sites is 1. The zero-order valence-electron chi connectivity index (χ0n) is 21.5. The van der Waals surface area contributed by atoms with Crippen LogP contribution in [-0.4, -0.2) is 94.0 Å². The SMILES string of the molecule is COc1cnc(-n2ccnn2)c2[nH]cc(C(=O)C(=O)N3C[C@H](C)N(c4nnnn4-c4ccccc4)C[C@H]3C)c12. The fourth-order valence-corrected chi connectivity index (χ4v) is 4.96. The predicted octanol–water partition coefficient (Wildman–Crippen LogP) is 1.44. The maximum absolute atomic E-state index is 13.6. The summed E-state index contributed by atoms with van der Waals surface area (Å²) in [6.45, 7) is 4.65. The van der Waals surface area contributed by atoms with Crippen LogP contribution in [-0.2, 0) is 4.79 Å². The minimum absolute atomic E-state index is 0.146. The minimum Gasteiger partial charge on any atom is -0.494 e. The number of nitrogens with zero attached hydrogens (tertiary/aromatic N) is 10. The number of aromatic amines is 1. The molecule has 0 spiro atoms. The molecule has 14 nitrogen and oxygen atoms in total. The van der Waals surface area contributed by atoms with E-state index in [1.54, 1.807) is 15.8 Å². The van der Waals surface area contributed by atoms with Gasteiger partial charge in [0.25, 0.3) is 17.6 Å². The van der Waals surface area contributed by atoms with Crippen molar-refractivity contribution in [3.05, 3.63) is 60.7 Å². The van der Waals surface area contributed by atoms with Gasteiger partial charge >= 0.3 is 0 Å². The van der Waals surface area contributed by atoms with Crippen molar-refractivity contribution in [1.82, 2.24) is 50.1 Å². The summed E-state index contributed by atoms with van der Waals surface area (Å²) in [6.07, 6.45) is 6.16. The first-order chi connectivity index (χ1) is 19.0. The van der Waals surface area contributed by atoms with Crippen molar-refractivity contribution in [2.45, 2.75) is 25.9 Å². The third kappa shape index (κ3) is 4.05. The summed E-state index contributed by atoms with van der Waals surface area (Å²) in [5.41, 5.74) is 1.54. The van der Waals surface area contributed by atoms with E-state index in [1.165, 1.54) is 30.4 Å². The molecular weight excluding hydrogens is 502 g/mol. The van der Waals surface area contributed by atoms with Crippen LogP contribution in [0.5, 0.6) is 5.75 Å². The molecule has 0 radical (unpaired) electrons. The molecule has 0 bridgehead atoms. The smallest absolute Gasteiger partial charge is 0.295 e. The van der Waals surface area contributed by atoms with Gasteiger partial charge in [0.15, 0.2) is 5.82 Å². The van der Waals surface area contributed by atoms with Gasteiger partial charge < -0.3 is 19.5 Å². The molecule has 5 aromatic rings. The summed E-state index contributed by atoms with van der Waals surface area (Å²) in [5.74, 6) is 0.135. The lowest BCUT2D eigenvalue weighted by Crippen LogP contribution is -2.60. The van der Waals surface area contributed by atoms with Crippen LogP contribution < -0.4 is 9.64 Å². The van der Waals surface area contributed by atoms with Crippen LogP contribution in [0.25, 0.3) is 22.4 Å². The van der Waals surface area contributed by atoms with Gasteiger partial charge in [-0.25, -0.2) is 9.67 Å². The van der Waals surface area contributed by atoms with Crippen LogP contribution in [0.3, 0.4) is 0 Å². The number of carbonyl (C=O) groups excluding carboxylic acids is 2. The van der Waals surface area contributed by atoms with Gasteiger partial charge in [0, 0.05) is 31.4 Å². The number of tetrazole rings is 1. The Morgan fingerprint density at radius 1 is 1.08 bits per heavy atom. The van der Waals surface area contributed by atoms with E-state index in [-0.39, 0.29) is 17.6 Å². The number of benzene rings is 1. The standard InChI is InChI=1S/C25H25N11O3/c1-15-14-34(25-29-30-32-36(25)17-7-5-4-6-8-17)16(2)13-33(15)24(38)22(37)18-11-26-21-20(18)19(39-3)12-27-23(21)35-10-9-28-31-35/h4-12,15-16,26H,13-14H2,1-3H3/t15-,16+/m1/s1. The highest BCUT2D eigenvalue weighted by atomic mass is 16.5. The summed E-state index contributed by atoms with van der Waals surface area (Å²) < 4.78 is 8.63. The van der Waals surface area contributed by atoms with E-state index in [0.29, 0.717) is 41.5 Å². The van der Waals surface area contributed by atoms with Gasteiger partial charge in [0.05, 0.1) is 47.9 Å². The summed E-state index contributed by atoms with van der Waals surface area (Å²) in [7, 11) is 1.49. The highest BCUT2D eigenvalue weighted by Gasteiger charge is 2.38. The van der Waals surface area contributed by atoms with Gasteiger partial charge in [0.2, 0.25) is 0 Å². The summed E-state index contributed by atoms with van der Waals surface area (Å²) in [6, 6.07) is 9.18. The van der Waals surface area contributed by atoms with Crippen molar-refractivity contribution in [2.75, 3.05) is 25.1 Å². The van der Waals surface area contributed by atoms with Crippen LogP contribution in [0.4, 0.5) is 5.95 Å². The number of H-pyrrole nitrogens is 1. The number of amides is 1. The Hall–Kier alpha value is -5.14. The molecule has 1 fully saturated rings. The van der Waals surface area contributed by atoms with Gasteiger partial charge in [-0.05, 0) is 36.4 Å². The van der Waals surface area contributed by atoms with Crippen LogP contribution in [0.2, 0.25) is 0 Å². The number of methoxy groups -OCH3 is 1. The monoisotopic (exact) mass is 527 g/mol. The first-order valence-electron chi connectivity index (χ1n) is 12.3. The molecule has 1 aliphatic rings. The lowest BCUT2D eigenvalue weighted by Gasteiger charge is -2.43. The maximum Gasteiger partial charge on any atom is 0.295 e. The molecule has 1 aliphatic heterocycles. The molecule has 0 aliphatic carbocycles. The number of fused-ring (bicyclic) bond motifs is 1. The number of rotatable bonds is 6. The molecule has 14 heteroatoms. The Morgan fingerprint density at radius 2 is 1.90 bits per heavy atom. The largest absolute Gasteiger partial charge is 0.494 e. The zero-order valence-corrected chi connectivity index (χ0v) is 21.5. The van der Waals surface area contributed by atoms with Crippen molar-refractivity contribution in [3.63, 3.8) is 0 Å². The van der Waals surface area contributed by atoms with Crippen molar-refractivity contribution in [3.8, 4) is 17.3 Å². The molecule has 0 saturated carbocycles. The number of carbonyl (C=O) groups is 2. The normalized spacial score (nSPS) is 17.5. The number of piperazine rings is 1.